The third-order valence-corrected chi connectivity index (χ3v) is 7.67. The van der Waals surface area contributed by atoms with Gasteiger partial charge in [0.05, 0.1) is 34.9 Å². The molecule has 0 aliphatic heterocycles. The molecule has 3 amide bonds. The lowest BCUT2D eigenvalue weighted by Crippen LogP contribution is -2.27. The van der Waals surface area contributed by atoms with E-state index in [-0.39, 0.29) is 60.3 Å². The summed E-state index contributed by atoms with van der Waals surface area (Å²) >= 11 is 0. The smallest absolute Gasteiger partial charge is 0.412 e. The van der Waals surface area contributed by atoms with Gasteiger partial charge < -0.3 is 36.3 Å². The number of tetrazole rings is 1. The van der Waals surface area contributed by atoms with Crippen molar-refractivity contribution in [3.05, 3.63) is 98.1 Å². The van der Waals surface area contributed by atoms with Crippen LogP contribution >= 0.6 is 0 Å². The quantitative estimate of drug-likeness (QED) is 0.0348. The zero-order valence-corrected chi connectivity index (χ0v) is 32.0. The van der Waals surface area contributed by atoms with E-state index >= 15 is 0 Å². The molecule has 4 rings (SSSR count). The first-order valence-electron chi connectivity index (χ1n) is 17.5. The molecule has 0 bridgehead atoms. The molecule has 58 heavy (non-hydrogen) atoms. The van der Waals surface area contributed by atoms with E-state index in [0.29, 0.717) is 30.9 Å². The van der Waals surface area contributed by atoms with Gasteiger partial charge >= 0.3 is 6.09 Å². The lowest BCUT2D eigenvalue weighted by Gasteiger charge is -2.19. The second kappa shape index (κ2) is 19.8. The maximum atomic E-state index is 12.0. The molecule has 23 nitrogen and oxygen atoms in total. The van der Waals surface area contributed by atoms with Crippen LogP contribution in [0.2, 0.25) is 0 Å². The number of nitrogens with one attached hydrogen (secondary N) is 3. The number of hydrogen-bond acceptors (Lipinski definition) is 16. The Bertz CT molecular complexity index is 2190. The Balaban J connectivity index is 1.40. The summed E-state index contributed by atoms with van der Waals surface area (Å²) in [4.78, 5) is 58.6. The fourth-order valence-corrected chi connectivity index (χ4v) is 5.06. The first-order valence-corrected chi connectivity index (χ1v) is 17.5. The van der Waals surface area contributed by atoms with Crippen molar-refractivity contribution in [2.45, 2.75) is 45.8 Å². The van der Waals surface area contributed by atoms with Gasteiger partial charge in [0.15, 0.2) is 22.9 Å². The molecule has 23 heteroatoms. The zero-order chi connectivity index (χ0) is 42.4. The molecular formula is C35H43N13O10. The second-order valence-electron chi connectivity index (χ2n) is 13.2. The molecular weight excluding hydrogens is 762 g/mol. The number of primary amides is 2. The number of amides is 3. The number of allylic oxidation sites excluding steroid dienone is 1. The summed E-state index contributed by atoms with van der Waals surface area (Å²) in [7, 11) is 1.69. The van der Waals surface area contributed by atoms with Gasteiger partial charge in [-0.25, -0.2) is 9.48 Å². The number of anilines is 3. The first kappa shape index (κ1) is 43.1. The molecule has 0 unspecified atom stereocenters. The number of carbonyl (C=O) groups is 3. The maximum Gasteiger partial charge on any atom is 0.412 e. The number of benzene rings is 2. The van der Waals surface area contributed by atoms with E-state index < -0.39 is 44.7 Å². The van der Waals surface area contributed by atoms with Gasteiger partial charge in [0, 0.05) is 56.0 Å². The topological polar surface area (TPSA) is 315 Å². The molecule has 4 aromatic rings. The Morgan fingerprint density at radius 3 is 1.98 bits per heavy atom. The Hall–Kier alpha value is -7.59. The van der Waals surface area contributed by atoms with Crippen molar-refractivity contribution in [2.75, 3.05) is 42.3 Å². The van der Waals surface area contributed by atoms with E-state index in [9.17, 15) is 34.6 Å². The van der Waals surface area contributed by atoms with Gasteiger partial charge in [-0.1, -0.05) is 18.2 Å². The monoisotopic (exact) mass is 805 g/mol. The van der Waals surface area contributed by atoms with E-state index in [4.69, 9.17) is 25.7 Å². The number of nitrogens with two attached hydrogens (primary N) is 2. The van der Waals surface area contributed by atoms with Crippen LogP contribution in [-0.4, -0.2) is 89.6 Å². The van der Waals surface area contributed by atoms with E-state index in [1.165, 1.54) is 23.0 Å². The van der Waals surface area contributed by atoms with Crippen LogP contribution in [0.3, 0.4) is 0 Å². The van der Waals surface area contributed by atoms with Gasteiger partial charge in [-0.3, -0.25) is 39.8 Å². The Morgan fingerprint density at radius 2 is 1.47 bits per heavy atom. The van der Waals surface area contributed by atoms with Crippen molar-refractivity contribution in [1.29, 1.82) is 0 Å². The number of nitro benzene ring substituents is 2. The Morgan fingerprint density at radius 1 is 0.879 bits per heavy atom. The Labute approximate surface area is 330 Å². The number of aryl methyl sites for hydroxylation is 2. The number of nitro groups is 2. The summed E-state index contributed by atoms with van der Waals surface area (Å²) in [6.45, 7) is 5.62. The second-order valence-corrected chi connectivity index (χ2v) is 13.2. The van der Waals surface area contributed by atoms with Gasteiger partial charge in [0.2, 0.25) is 11.8 Å². The molecule has 2 aromatic heterocycles. The van der Waals surface area contributed by atoms with Crippen molar-refractivity contribution < 1.29 is 38.4 Å². The first-order chi connectivity index (χ1) is 27.5. The van der Waals surface area contributed by atoms with Gasteiger partial charge in [-0.15, -0.1) is 5.10 Å². The highest BCUT2D eigenvalue weighted by atomic mass is 16.6. The van der Waals surface area contributed by atoms with Gasteiger partial charge in [-0.2, -0.15) is 5.10 Å². The van der Waals surface area contributed by atoms with Crippen LogP contribution in [0.15, 0.2) is 61.0 Å². The van der Waals surface area contributed by atoms with Crippen LogP contribution in [0.25, 0.3) is 0 Å². The summed E-state index contributed by atoms with van der Waals surface area (Å²) in [6, 6.07) is 4.65. The molecule has 7 N–H and O–H groups in total. The molecule has 2 aromatic carbocycles. The van der Waals surface area contributed by atoms with Crippen LogP contribution in [0.5, 0.6) is 11.5 Å². The van der Waals surface area contributed by atoms with Crippen LogP contribution in [0.4, 0.5) is 33.2 Å². The highest BCUT2D eigenvalue weighted by Gasteiger charge is 2.24. The lowest BCUT2D eigenvalue weighted by molar-refractivity contribution is -0.384. The highest BCUT2D eigenvalue weighted by Crippen LogP contribution is 2.37. The number of nitrogens with zero attached hydrogens (tertiary/aromatic N) is 8. The van der Waals surface area contributed by atoms with Crippen molar-refractivity contribution in [3.63, 3.8) is 0 Å². The largest absolute Gasteiger partial charge is 0.491 e. The van der Waals surface area contributed by atoms with Crippen LogP contribution in [-0.2, 0) is 24.8 Å². The van der Waals surface area contributed by atoms with Crippen LogP contribution in [0.1, 0.15) is 53.7 Å². The Kier molecular flexibility index (Phi) is 14.8. The maximum absolute atomic E-state index is 12.0. The average molecular weight is 806 g/mol. The molecule has 0 atom stereocenters. The van der Waals surface area contributed by atoms with Crippen molar-refractivity contribution in [2.24, 2.45) is 18.5 Å². The molecule has 0 radical (unpaired) electrons. The molecule has 0 saturated carbocycles. The molecule has 0 aliphatic carbocycles. The number of hydrogen-bond donors (Lipinski definition) is 5. The van der Waals surface area contributed by atoms with Crippen LogP contribution < -0.4 is 36.9 Å². The zero-order valence-electron chi connectivity index (χ0n) is 32.0. The third kappa shape index (κ3) is 12.7. The number of rotatable bonds is 21. The summed E-state index contributed by atoms with van der Waals surface area (Å²) < 4.78 is 19.9. The van der Waals surface area contributed by atoms with Gasteiger partial charge in [-0.05, 0) is 55.8 Å². The summed E-state index contributed by atoms with van der Waals surface area (Å²) in [5, 5.41) is 47.9. The fraction of sp³-hybridized carbons (Fsp3) is 0.343. The highest BCUT2D eigenvalue weighted by molar-refractivity contribution is 5.96. The van der Waals surface area contributed by atoms with E-state index in [1.54, 1.807) is 63.0 Å². The summed E-state index contributed by atoms with van der Waals surface area (Å²) in [6.07, 6.45) is 9.85. The van der Waals surface area contributed by atoms with Gasteiger partial charge in [0.25, 0.3) is 11.4 Å². The predicted octanol–water partition coefficient (Wildman–Crippen LogP) is 3.49. The normalized spacial score (nSPS) is 11.4. The lowest BCUT2D eigenvalue weighted by atomic mass is 10.1. The van der Waals surface area contributed by atoms with E-state index in [1.807, 2.05) is 0 Å². The summed E-state index contributed by atoms with van der Waals surface area (Å²) in [5.41, 5.74) is 9.40. The molecule has 2 heterocycles. The molecule has 0 aliphatic rings. The minimum absolute atomic E-state index is 0.000169. The molecule has 308 valence electrons. The summed E-state index contributed by atoms with van der Waals surface area (Å²) in [5.74, 6) is -1.18. The van der Waals surface area contributed by atoms with Crippen LogP contribution in [0, 0.1) is 20.2 Å². The van der Waals surface area contributed by atoms with E-state index in [0.717, 1.165) is 12.1 Å². The fourth-order valence-electron chi connectivity index (χ4n) is 5.06. The number of aromatic nitrogens is 6. The SMILES string of the molecule is Cn1nnnc1CCCOc1cc(C(N)=O)cc([N+](=O)[O-])c1NC/C=C/CNc1c(OC/C=C/Cn2cc(NC(=O)OC(C)(C)C)cn2)cc(C(N)=O)cc1[N+](=O)[O-]. The number of carbonyl (C=O) groups excluding carboxylic acids is 3. The van der Waals surface area contributed by atoms with Crippen molar-refractivity contribution in [1.82, 2.24) is 30.0 Å². The van der Waals surface area contributed by atoms with E-state index in [2.05, 4.69) is 36.6 Å². The molecule has 0 saturated heterocycles. The van der Waals surface area contributed by atoms with Crippen molar-refractivity contribution >= 4 is 46.3 Å². The minimum atomic E-state index is -0.903. The van der Waals surface area contributed by atoms with Gasteiger partial charge in [0.1, 0.15) is 18.0 Å². The minimum Gasteiger partial charge on any atom is -0.491 e. The average Bonchev–Trinajstić information content (AvgIpc) is 3.77. The predicted molar refractivity (Wildman–Crippen MR) is 209 cm³/mol. The number of ether oxygens (including phenoxy) is 3. The van der Waals surface area contributed by atoms with Crippen molar-refractivity contribution in [3.8, 4) is 11.5 Å². The molecule has 0 spiro atoms. The third-order valence-electron chi connectivity index (χ3n) is 7.67. The molecule has 0 fully saturated rings. The standard InChI is InChI=1S/C35H43N13O10/c1-35(2,3)58-34(51)41-24-20-40-46(21-24)13-7-8-14-56-27-18-22(32(36)49)16-25(47(52)53)30(27)38-11-5-6-12-39-31-26(48(54)55)17-23(33(37)50)19-28(31)57-15-9-10-29-42-43-44-45(29)4/h5-8,16-21,38-39H,9-15H2,1-4H3,(H2,36,49)(H2,37,50)(H,41,51)/b6-5+,8-7+.